The summed E-state index contributed by atoms with van der Waals surface area (Å²) in [7, 11) is 0. The second kappa shape index (κ2) is 13.2. The van der Waals surface area contributed by atoms with Gasteiger partial charge in [-0.2, -0.15) is 4.98 Å². The predicted octanol–water partition coefficient (Wildman–Crippen LogP) is 4.98. The van der Waals surface area contributed by atoms with E-state index in [1.165, 1.54) is 69.8 Å². The molecular weight excluding hydrogens is 498 g/mol. The highest BCUT2D eigenvalue weighted by molar-refractivity contribution is 5.87. The third-order valence-corrected chi connectivity index (χ3v) is 9.58. The van der Waals surface area contributed by atoms with Crippen LogP contribution >= 0.6 is 0 Å². The lowest BCUT2D eigenvalue weighted by Crippen LogP contribution is -2.56. The average Bonchev–Trinajstić information content (AvgIpc) is 3.25. The first-order chi connectivity index (χ1) is 19.7. The van der Waals surface area contributed by atoms with Crippen molar-refractivity contribution in [2.45, 2.75) is 108 Å². The van der Waals surface area contributed by atoms with Crippen LogP contribution in [0.4, 0.5) is 17.5 Å². The van der Waals surface area contributed by atoms with Crippen molar-refractivity contribution < 1.29 is 4.79 Å². The standard InChI is InChI=1S/C32H47N7O/c40-31(28-23-24-11-6-7-14-26(24)35-28)33-18-16-29-27(15-10-22-39(29)25-12-4-3-5-13-25)36-32-34-19-17-30(37-32)38-20-8-1-2-9-21-38/h6-7,11,14,17,19,25,27-29,35H,1-5,8-10,12-13,15-16,18,20-23H2,(H,33,40)(H,34,36,37). The maximum atomic E-state index is 13.1. The van der Waals surface area contributed by atoms with Crippen LogP contribution in [0, 0.1) is 0 Å². The van der Waals surface area contributed by atoms with Gasteiger partial charge in [0.2, 0.25) is 11.9 Å². The molecule has 3 fully saturated rings. The molecule has 8 heteroatoms. The topological polar surface area (TPSA) is 85.4 Å². The van der Waals surface area contributed by atoms with E-state index < -0.39 is 0 Å². The lowest BCUT2D eigenvalue weighted by molar-refractivity contribution is -0.121. The lowest BCUT2D eigenvalue weighted by atomic mass is 9.87. The number of nitrogens with zero attached hydrogens (tertiary/aromatic N) is 4. The monoisotopic (exact) mass is 545 g/mol. The molecule has 3 aliphatic heterocycles. The van der Waals surface area contributed by atoms with Crippen molar-refractivity contribution in [1.29, 1.82) is 0 Å². The highest BCUT2D eigenvalue weighted by atomic mass is 16.2. The van der Waals surface area contributed by atoms with E-state index in [9.17, 15) is 4.79 Å². The van der Waals surface area contributed by atoms with Gasteiger partial charge in [0.15, 0.2) is 0 Å². The maximum absolute atomic E-state index is 13.1. The summed E-state index contributed by atoms with van der Waals surface area (Å²) in [5.41, 5.74) is 2.31. The van der Waals surface area contributed by atoms with E-state index in [-0.39, 0.29) is 18.0 Å². The molecule has 4 heterocycles. The number of likely N-dealkylation sites (tertiary alicyclic amines) is 1. The number of carbonyl (C=O) groups excluding carboxylic acids is 1. The van der Waals surface area contributed by atoms with E-state index in [2.05, 4.69) is 48.9 Å². The molecule has 40 heavy (non-hydrogen) atoms. The summed E-state index contributed by atoms with van der Waals surface area (Å²) in [6.07, 6.45) is 17.6. The largest absolute Gasteiger partial charge is 0.373 e. The van der Waals surface area contributed by atoms with Gasteiger partial charge in [-0.15, -0.1) is 0 Å². The Hall–Kier alpha value is -2.87. The molecule has 3 atom stereocenters. The predicted molar refractivity (Wildman–Crippen MR) is 162 cm³/mol. The summed E-state index contributed by atoms with van der Waals surface area (Å²) < 4.78 is 0. The molecule has 2 saturated heterocycles. The molecule has 1 saturated carbocycles. The number of anilines is 3. The second-order valence-corrected chi connectivity index (χ2v) is 12.3. The Morgan fingerprint density at radius 2 is 1.73 bits per heavy atom. The van der Waals surface area contributed by atoms with E-state index in [1.807, 2.05) is 18.3 Å². The molecule has 2 aromatic rings. The fraction of sp³-hybridized carbons (Fsp3) is 0.656. The van der Waals surface area contributed by atoms with Gasteiger partial charge in [0.05, 0.1) is 0 Å². The maximum Gasteiger partial charge on any atom is 0.242 e. The van der Waals surface area contributed by atoms with Crippen LogP contribution in [0.5, 0.6) is 0 Å². The van der Waals surface area contributed by atoms with Gasteiger partial charge in [-0.1, -0.05) is 50.3 Å². The lowest BCUT2D eigenvalue weighted by Gasteiger charge is -2.47. The summed E-state index contributed by atoms with van der Waals surface area (Å²) in [4.78, 5) is 27.9. The highest BCUT2D eigenvalue weighted by Gasteiger charge is 2.36. The number of piperidine rings is 1. The molecule has 1 amide bonds. The number of rotatable bonds is 8. The molecule has 4 aliphatic rings. The van der Waals surface area contributed by atoms with Gasteiger partial charge in [-0.05, 0) is 69.2 Å². The first-order valence-corrected chi connectivity index (χ1v) is 16.0. The third-order valence-electron chi connectivity index (χ3n) is 9.58. The summed E-state index contributed by atoms with van der Waals surface area (Å²) in [6, 6.07) is 11.4. The Kier molecular flexibility index (Phi) is 9.01. The van der Waals surface area contributed by atoms with E-state index in [0.29, 0.717) is 18.6 Å². The van der Waals surface area contributed by atoms with Crippen LogP contribution < -0.4 is 20.9 Å². The van der Waals surface area contributed by atoms with Crippen molar-refractivity contribution >= 4 is 23.4 Å². The summed E-state index contributed by atoms with van der Waals surface area (Å²) in [5.74, 6) is 1.90. The molecule has 216 valence electrons. The van der Waals surface area contributed by atoms with Crippen molar-refractivity contribution in [1.82, 2.24) is 20.2 Å². The number of fused-ring (bicyclic) bond motifs is 1. The number of carbonyl (C=O) groups is 1. The van der Waals surface area contributed by atoms with Crippen LogP contribution in [-0.4, -0.2) is 71.1 Å². The van der Waals surface area contributed by atoms with Crippen LogP contribution in [0.3, 0.4) is 0 Å². The number of nitrogens with one attached hydrogen (secondary N) is 3. The van der Waals surface area contributed by atoms with Gasteiger partial charge in [-0.3, -0.25) is 9.69 Å². The Morgan fingerprint density at radius 1 is 0.925 bits per heavy atom. The molecule has 3 unspecified atom stereocenters. The first kappa shape index (κ1) is 27.3. The highest BCUT2D eigenvalue weighted by Crippen LogP contribution is 2.31. The van der Waals surface area contributed by atoms with Crippen molar-refractivity contribution in [3.63, 3.8) is 0 Å². The van der Waals surface area contributed by atoms with Crippen LogP contribution in [0.1, 0.15) is 82.6 Å². The molecule has 8 nitrogen and oxygen atoms in total. The Balaban J connectivity index is 1.12. The van der Waals surface area contributed by atoms with Crippen LogP contribution in [0.25, 0.3) is 0 Å². The Labute approximate surface area is 239 Å². The third kappa shape index (κ3) is 6.54. The van der Waals surface area contributed by atoms with E-state index in [0.717, 1.165) is 56.4 Å². The van der Waals surface area contributed by atoms with Crippen molar-refractivity contribution in [2.24, 2.45) is 0 Å². The zero-order chi connectivity index (χ0) is 27.1. The normalized spacial score (nSPS) is 26.0. The van der Waals surface area contributed by atoms with Gasteiger partial charge >= 0.3 is 0 Å². The van der Waals surface area contributed by atoms with Crippen molar-refractivity contribution in [3.8, 4) is 0 Å². The van der Waals surface area contributed by atoms with Gasteiger partial charge in [0.1, 0.15) is 11.9 Å². The number of benzene rings is 1. The van der Waals surface area contributed by atoms with Crippen LogP contribution in [-0.2, 0) is 11.2 Å². The first-order valence-electron chi connectivity index (χ1n) is 16.0. The van der Waals surface area contributed by atoms with Gasteiger partial charge in [-0.25, -0.2) is 4.98 Å². The molecule has 6 rings (SSSR count). The minimum absolute atomic E-state index is 0.106. The van der Waals surface area contributed by atoms with Gasteiger partial charge in [0.25, 0.3) is 0 Å². The fourth-order valence-electron chi connectivity index (χ4n) is 7.47. The molecule has 0 spiro atoms. The summed E-state index contributed by atoms with van der Waals surface area (Å²) in [6.45, 7) is 4.00. The van der Waals surface area contributed by atoms with E-state index in [4.69, 9.17) is 4.98 Å². The summed E-state index contributed by atoms with van der Waals surface area (Å²) >= 11 is 0. The second-order valence-electron chi connectivity index (χ2n) is 12.3. The minimum atomic E-state index is -0.178. The molecule has 0 radical (unpaired) electrons. The number of para-hydroxylation sites is 1. The fourth-order valence-corrected chi connectivity index (χ4v) is 7.47. The SMILES string of the molecule is O=C(NCCC1C(Nc2nccc(N3CCCCCC3)n2)CCCN1C1CCCCC1)C1Cc2ccccc2N1. The van der Waals surface area contributed by atoms with Gasteiger partial charge < -0.3 is 20.9 Å². The minimum Gasteiger partial charge on any atom is -0.373 e. The van der Waals surface area contributed by atoms with Crippen LogP contribution in [0.2, 0.25) is 0 Å². The quantitative estimate of drug-likeness (QED) is 0.432. The molecule has 1 aromatic carbocycles. The molecule has 1 aromatic heterocycles. The number of aromatic nitrogens is 2. The zero-order valence-electron chi connectivity index (χ0n) is 24.0. The molecular formula is C32H47N7O. The Bertz CT molecular complexity index is 1090. The number of amides is 1. The van der Waals surface area contributed by atoms with E-state index in [1.54, 1.807) is 0 Å². The van der Waals surface area contributed by atoms with Crippen molar-refractivity contribution in [2.75, 3.05) is 41.7 Å². The Morgan fingerprint density at radius 3 is 2.55 bits per heavy atom. The summed E-state index contributed by atoms with van der Waals surface area (Å²) in [5, 5.41) is 10.5. The smallest absolute Gasteiger partial charge is 0.242 e. The molecule has 3 N–H and O–H groups in total. The average molecular weight is 546 g/mol. The number of hydrogen-bond donors (Lipinski definition) is 3. The molecule has 0 bridgehead atoms. The molecule has 1 aliphatic carbocycles. The van der Waals surface area contributed by atoms with Crippen molar-refractivity contribution in [3.05, 3.63) is 42.1 Å². The van der Waals surface area contributed by atoms with Gasteiger partial charge in [0, 0.05) is 56.1 Å². The van der Waals surface area contributed by atoms with Crippen LogP contribution in [0.15, 0.2) is 36.5 Å². The number of hydrogen-bond acceptors (Lipinski definition) is 7. The van der Waals surface area contributed by atoms with E-state index >= 15 is 0 Å². The zero-order valence-corrected chi connectivity index (χ0v) is 24.0.